The van der Waals surface area contributed by atoms with Gasteiger partial charge in [-0.3, -0.25) is 4.79 Å². The molecule has 1 rings (SSSR count). The highest BCUT2D eigenvalue weighted by Gasteiger charge is 2.18. The third-order valence-corrected chi connectivity index (χ3v) is 4.02. The molecule has 1 aliphatic carbocycles. The zero-order chi connectivity index (χ0) is 13.9. The molecule has 0 aromatic heterocycles. The first-order valence-corrected chi connectivity index (χ1v) is 8.11. The maximum absolute atomic E-state index is 11.9. The maximum Gasteiger partial charge on any atom is 0.312 e. The van der Waals surface area contributed by atoms with Crippen molar-refractivity contribution in [3.05, 3.63) is 11.6 Å². The van der Waals surface area contributed by atoms with Crippen LogP contribution in [0.2, 0.25) is 0 Å². The second-order valence-corrected chi connectivity index (χ2v) is 5.62. The van der Waals surface area contributed by atoms with Crippen LogP contribution in [-0.2, 0) is 9.53 Å². The summed E-state index contributed by atoms with van der Waals surface area (Å²) in [5.41, 5.74) is 1.30. The van der Waals surface area contributed by atoms with E-state index in [9.17, 15) is 4.79 Å². The average Bonchev–Trinajstić information content (AvgIpc) is 2.39. The number of allylic oxidation sites excluding steroid dienone is 1. The molecule has 0 saturated carbocycles. The quantitative estimate of drug-likeness (QED) is 0.529. The lowest BCUT2D eigenvalue weighted by atomic mass is 9.93. The number of carbonyl (C=O) groups is 1. The van der Waals surface area contributed by atoms with Crippen molar-refractivity contribution in [2.45, 2.75) is 78.1 Å². The van der Waals surface area contributed by atoms with Gasteiger partial charge in [-0.25, -0.2) is 0 Å². The lowest BCUT2D eigenvalue weighted by Crippen LogP contribution is -2.17. The highest BCUT2D eigenvalue weighted by molar-refractivity contribution is 5.75. The molecular weight excluding hydrogens is 236 g/mol. The van der Waals surface area contributed by atoms with Crippen LogP contribution in [0.5, 0.6) is 0 Å². The number of rotatable bonds is 3. The first-order chi connectivity index (χ1) is 9.25. The second kappa shape index (κ2) is 10.1. The van der Waals surface area contributed by atoms with Crippen molar-refractivity contribution in [1.82, 2.24) is 0 Å². The molecule has 0 aromatic carbocycles. The highest BCUT2D eigenvalue weighted by Crippen LogP contribution is 2.23. The summed E-state index contributed by atoms with van der Waals surface area (Å²) in [6.45, 7) is 4.35. The van der Waals surface area contributed by atoms with Crippen molar-refractivity contribution >= 4 is 5.97 Å². The fourth-order valence-electron chi connectivity index (χ4n) is 2.74. The van der Waals surface area contributed by atoms with Gasteiger partial charge in [0.2, 0.25) is 0 Å². The number of esters is 1. The van der Waals surface area contributed by atoms with E-state index < -0.39 is 0 Å². The minimum atomic E-state index is -0.0548. The number of hydrogen-bond donors (Lipinski definition) is 0. The molecule has 0 aliphatic heterocycles. The highest BCUT2D eigenvalue weighted by atomic mass is 16.5. The first kappa shape index (κ1) is 16.3. The Bertz CT molecular complexity index is 281. The molecule has 1 unspecified atom stereocenters. The van der Waals surface area contributed by atoms with Crippen molar-refractivity contribution in [1.29, 1.82) is 0 Å². The zero-order valence-corrected chi connectivity index (χ0v) is 12.7. The van der Waals surface area contributed by atoms with Crippen molar-refractivity contribution in [3.63, 3.8) is 0 Å². The summed E-state index contributed by atoms with van der Waals surface area (Å²) in [7, 11) is 0. The summed E-state index contributed by atoms with van der Waals surface area (Å²) in [6, 6.07) is 0. The van der Waals surface area contributed by atoms with E-state index >= 15 is 0 Å². The molecule has 0 fully saturated rings. The van der Waals surface area contributed by atoms with E-state index in [-0.39, 0.29) is 11.9 Å². The van der Waals surface area contributed by atoms with Gasteiger partial charge in [0.05, 0.1) is 12.5 Å². The molecule has 0 heterocycles. The van der Waals surface area contributed by atoms with Crippen LogP contribution < -0.4 is 0 Å². The van der Waals surface area contributed by atoms with Crippen molar-refractivity contribution in [2.75, 3.05) is 6.61 Å². The topological polar surface area (TPSA) is 26.3 Å². The summed E-state index contributed by atoms with van der Waals surface area (Å²) in [4.78, 5) is 11.9. The number of ether oxygens (including phenoxy) is 1. The molecular formula is C17H30O2. The Hall–Kier alpha value is -0.790. The minimum Gasteiger partial charge on any atom is -0.466 e. The summed E-state index contributed by atoms with van der Waals surface area (Å²) >= 11 is 0. The van der Waals surface area contributed by atoms with Crippen LogP contribution in [0.25, 0.3) is 0 Å². The molecule has 0 saturated heterocycles. The van der Waals surface area contributed by atoms with Gasteiger partial charge in [0.15, 0.2) is 0 Å². The fourth-order valence-corrected chi connectivity index (χ4v) is 2.74. The molecule has 19 heavy (non-hydrogen) atoms. The molecule has 0 amide bonds. The van der Waals surface area contributed by atoms with Gasteiger partial charge in [-0.05, 0) is 39.5 Å². The normalized spacial score (nSPS) is 23.4. The molecule has 0 radical (unpaired) electrons. The zero-order valence-electron chi connectivity index (χ0n) is 12.7. The number of hydrogen-bond acceptors (Lipinski definition) is 2. The van der Waals surface area contributed by atoms with Crippen LogP contribution in [0.1, 0.15) is 78.1 Å². The van der Waals surface area contributed by atoms with E-state index in [1.807, 2.05) is 13.8 Å². The molecule has 0 aromatic rings. The third kappa shape index (κ3) is 6.79. The van der Waals surface area contributed by atoms with Crippen molar-refractivity contribution in [2.24, 2.45) is 5.92 Å². The Kier molecular flexibility index (Phi) is 8.61. The van der Waals surface area contributed by atoms with Crippen LogP contribution in [0.4, 0.5) is 0 Å². The predicted molar refractivity (Wildman–Crippen MR) is 80.1 cm³/mol. The molecule has 0 bridgehead atoms. The Morgan fingerprint density at radius 2 is 1.68 bits per heavy atom. The van der Waals surface area contributed by atoms with E-state index in [0.717, 1.165) is 12.8 Å². The van der Waals surface area contributed by atoms with E-state index in [0.29, 0.717) is 6.61 Å². The van der Waals surface area contributed by atoms with Crippen molar-refractivity contribution in [3.8, 4) is 0 Å². The van der Waals surface area contributed by atoms with E-state index in [2.05, 4.69) is 6.08 Å². The van der Waals surface area contributed by atoms with Gasteiger partial charge >= 0.3 is 5.97 Å². The van der Waals surface area contributed by atoms with Crippen LogP contribution in [0.3, 0.4) is 0 Å². The Balaban J connectivity index is 2.55. The Morgan fingerprint density at radius 1 is 1.11 bits per heavy atom. The van der Waals surface area contributed by atoms with Gasteiger partial charge in [-0.2, -0.15) is 0 Å². The van der Waals surface area contributed by atoms with Gasteiger partial charge in [0, 0.05) is 0 Å². The first-order valence-electron chi connectivity index (χ1n) is 8.11. The van der Waals surface area contributed by atoms with Crippen LogP contribution in [0, 0.1) is 5.92 Å². The Labute approximate surface area is 118 Å². The Morgan fingerprint density at radius 3 is 2.32 bits per heavy atom. The molecule has 1 atom stereocenters. The van der Waals surface area contributed by atoms with E-state index in [1.54, 1.807) is 0 Å². The molecule has 0 N–H and O–H groups in total. The van der Waals surface area contributed by atoms with Crippen LogP contribution in [-0.4, -0.2) is 12.6 Å². The minimum absolute atomic E-state index is 0.0529. The van der Waals surface area contributed by atoms with Gasteiger partial charge in [-0.15, -0.1) is 0 Å². The smallest absolute Gasteiger partial charge is 0.312 e. The summed E-state index contributed by atoms with van der Waals surface area (Å²) < 4.78 is 5.15. The molecule has 1 aliphatic rings. The van der Waals surface area contributed by atoms with Gasteiger partial charge in [0.1, 0.15) is 0 Å². The van der Waals surface area contributed by atoms with E-state index in [1.165, 1.54) is 56.9 Å². The lowest BCUT2D eigenvalue weighted by Gasteiger charge is -2.16. The molecule has 0 spiro atoms. The standard InChI is InChI=1S/C17H30O2/c1-3-19-17(18)15(2)16-13-11-9-7-5-4-6-8-10-12-14-16/h13,15H,3-12,14H2,1-2H3/b16-13-. The van der Waals surface area contributed by atoms with Gasteiger partial charge < -0.3 is 4.74 Å². The third-order valence-electron chi connectivity index (χ3n) is 4.02. The second-order valence-electron chi connectivity index (χ2n) is 5.62. The molecule has 2 heteroatoms. The fraction of sp³-hybridized carbons (Fsp3) is 0.824. The lowest BCUT2D eigenvalue weighted by molar-refractivity contribution is -0.146. The summed E-state index contributed by atoms with van der Waals surface area (Å²) in [5, 5.41) is 0. The van der Waals surface area contributed by atoms with Crippen LogP contribution in [0.15, 0.2) is 11.6 Å². The SMILES string of the molecule is CCOC(=O)C(C)/C1=C\CCCCCCCCCC1. The largest absolute Gasteiger partial charge is 0.466 e. The monoisotopic (exact) mass is 266 g/mol. The predicted octanol–water partition coefficient (Wildman–Crippen LogP) is 5.03. The number of carbonyl (C=O) groups excluding carboxylic acids is 1. The molecule has 2 nitrogen and oxygen atoms in total. The van der Waals surface area contributed by atoms with E-state index in [4.69, 9.17) is 4.74 Å². The average molecular weight is 266 g/mol. The summed E-state index contributed by atoms with van der Waals surface area (Å²) in [5.74, 6) is -0.108. The van der Waals surface area contributed by atoms with Gasteiger partial charge in [0.25, 0.3) is 0 Å². The van der Waals surface area contributed by atoms with Crippen molar-refractivity contribution < 1.29 is 9.53 Å². The molecule has 110 valence electrons. The maximum atomic E-state index is 11.9. The van der Waals surface area contributed by atoms with Crippen LogP contribution >= 0.6 is 0 Å². The summed E-state index contributed by atoms with van der Waals surface area (Å²) in [6.07, 6.45) is 15.1. The van der Waals surface area contributed by atoms with Gasteiger partial charge in [-0.1, -0.05) is 50.2 Å².